The maximum absolute atomic E-state index is 12.8. The Balaban J connectivity index is 1.87. The molecule has 4 nitrogen and oxygen atoms in total. The molecule has 0 aliphatic rings. The van der Waals surface area contributed by atoms with Crippen LogP contribution in [-0.4, -0.2) is 20.1 Å². The Morgan fingerprint density at radius 2 is 1.58 bits per heavy atom. The second-order valence-electron chi connectivity index (χ2n) is 5.41. The fraction of sp³-hybridized carbons (Fsp3) is 0.0952. The molecule has 3 aromatic carbocycles. The Kier molecular flexibility index (Phi) is 5.81. The third-order valence-electron chi connectivity index (χ3n) is 3.75. The van der Waals surface area contributed by atoms with E-state index in [2.05, 4.69) is 5.32 Å². The van der Waals surface area contributed by atoms with Crippen molar-refractivity contribution in [2.75, 3.05) is 19.5 Å². The van der Waals surface area contributed by atoms with Gasteiger partial charge in [-0.25, -0.2) is 0 Å². The molecular weight excluding hydrogens is 346 g/mol. The molecule has 5 heteroatoms. The van der Waals surface area contributed by atoms with Crippen LogP contribution in [0.3, 0.4) is 0 Å². The molecule has 1 amide bonds. The number of carbonyl (C=O) groups is 1. The van der Waals surface area contributed by atoms with Crippen LogP contribution in [0.1, 0.15) is 10.4 Å². The zero-order chi connectivity index (χ0) is 18.4. The summed E-state index contributed by atoms with van der Waals surface area (Å²) >= 11 is 1.60. The zero-order valence-electron chi connectivity index (χ0n) is 14.6. The van der Waals surface area contributed by atoms with Gasteiger partial charge in [0.25, 0.3) is 5.91 Å². The van der Waals surface area contributed by atoms with Crippen molar-refractivity contribution in [1.29, 1.82) is 0 Å². The monoisotopic (exact) mass is 365 g/mol. The number of para-hydroxylation sites is 2. The van der Waals surface area contributed by atoms with Gasteiger partial charge in [-0.05, 0) is 36.4 Å². The van der Waals surface area contributed by atoms with Crippen LogP contribution in [0.2, 0.25) is 0 Å². The summed E-state index contributed by atoms with van der Waals surface area (Å²) in [6.07, 6.45) is 0. The quantitative estimate of drug-likeness (QED) is 0.660. The maximum Gasteiger partial charge on any atom is 0.259 e. The number of carbonyl (C=O) groups excluding carboxylic acids is 1. The van der Waals surface area contributed by atoms with Crippen LogP contribution in [0, 0.1) is 0 Å². The van der Waals surface area contributed by atoms with Crippen LogP contribution < -0.4 is 14.8 Å². The Bertz CT molecular complexity index is 897. The molecule has 3 aromatic rings. The molecule has 0 bridgehead atoms. The third kappa shape index (κ3) is 4.00. The van der Waals surface area contributed by atoms with Crippen LogP contribution in [0.5, 0.6) is 11.5 Å². The lowest BCUT2D eigenvalue weighted by atomic mass is 10.1. The van der Waals surface area contributed by atoms with Gasteiger partial charge < -0.3 is 14.8 Å². The first-order valence-electron chi connectivity index (χ1n) is 8.07. The number of rotatable bonds is 6. The van der Waals surface area contributed by atoms with Crippen LogP contribution in [0.4, 0.5) is 5.69 Å². The number of methoxy groups -OCH3 is 2. The lowest BCUT2D eigenvalue weighted by Crippen LogP contribution is -2.14. The van der Waals surface area contributed by atoms with Crippen molar-refractivity contribution in [1.82, 2.24) is 0 Å². The summed E-state index contributed by atoms with van der Waals surface area (Å²) in [5, 5.41) is 2.98. The van der Waals surface area contributed by atoms with Crippen molar-refractivity contribution in [3.05, 3.63) is 78.4 Å². The summed E-state index contributed by atoms with van der Waals surface area (Å²) in [5.74, 6) is 0.689. The van der Waals surface area contributed by atoms with Gasteiger partial charge in [0.1, 0.15) is 0 Å². The molecule has 132 valence electrons. The fourth-order valence-electron chi connectivity index (χ4n) is 2.53. The standard InChI is InChI=1S/C21H19NO3S/c1-24-18-13-8-11-16(20(18)25-2)21(23)22-17-12-6-7-14-19(17)26-15-9-4-3-5-10-15/h3-14H,1-2H3,(H,22,23). The van der Waals surface area contributed by atoms with Crippen LogP contribution in [0.15, 0.2) is 82.6 Å². The van der Waals surface area contributed by atoms with Crippen molar-refractivity contribution in [3.63, 3.8) is 0 Å². The number of hydrogen-bond donors (Lipinski definition) is 1. The lowest BCUT2D eigenvalue weighted by molar-refractivity contribution is 0.102. The highest BCUT2D eigenvalue weighted by Crippen LogP contribution is 2.35. The molecule has 0 saturated heterocycles. The average Bonchev–Trinajstić information content (AvgIpc) is 2.69. The Morgan fingerprint density at radius 1 is 0.846 bits per heavy atom. The second-order valence-corrected chi connectivity index (χ2v) is 6.52. The molecule has 1 N–H and O–H groups in total. The van der Waals surface area contributed by atoms with Gasteiger partial charge in [0, 0.05) is 9.79 Å². The van der Waals surface area contributed by atoms with Crippen LogP contribution in [-0.2, 0) is 0 Å². The highest BCUT2D eigenvalue weighted by atomic mass is 32.2. The van der Waals surface area contributed by atoms with Gasteiger partial charge in [-0.15, -0.1) is 0 Å². The number of amides is 1. The van der Waals surface area contributed by atoms with Gasteiger partial charge in [-0.1, -0.05) is 48.2 Å². The van der Waals surface area contributed by atoms with Gasteiger partial charge in [-0.2, -0.15) is 0 Å². The molecule has 0 fully saturated rings. The summed E-state index contributed by atoms with van der Waals surface area (Å²) in [7, 11) is 3.07. The molecule has 0 atom stereocenters. The predicted molar refractivity (Wildman–Crippen MR) is 105 cm³/mol. The van der Waals surface area contributed by atoms with E-state index in [9.17, 15) is 4.79 Å². The van der Waals surface area contributed by atoms with E-state index < -0.39 is 0 Å². The van der Waals surface area contributed by atoms with Gasteiger partial charge in [-0.3, -0.25) is 4.79 Å². The van der Waals surface area contributed by atoms with Crippen molar-refractivity contribution < 1.29 is 14.3 Å². The molecule has 0 radical (unpaired) electrons. The summed E-state index contributed by atoms with van der Waals surface area (Å²) in [5.41, 5.74) is 1.17. The molecule has 0 aromatic heterocycles. The smallest absolute Gasteiger partial charge is 0.259 e. The largest absolute Gasteiger partial charge is 0.493 e. The van der Waals surface area contributed by atoms with E-state index in [1.165, 1.54) is 7.11 Å². The molecule has 3 rings (SSSR count). The van der Waals surface area contributed by atoms with E-state index in [1.807, 2.05) is 54.6 Å². The van der Waals surface area contributed by atoms with Gasteiger partial charge in [0.05, 0.1) is 25.5 Å². The van der Waals surface area contributed by atoms with E-state index >= 15 is 0 Å². The van der Waals surface area contributed by atoms with Crippen molar-refractivity contribution in [2.24, 2.45) is 0 Å². The van der Waals surface area contributed by atoms with Crippen molar-refractivity contribution in [3.8, 4) is 11.5 Å². The lowest BCUT2D eigenvalue weighted by Gasteiger charge is -2.14. The molecule has 0 aliphatic carbocycles. The molecule has 0 aliphatic heterocycles. The van der Waals surface area contributed by atoms with E-state index in [4.69, 9.17) is 9.47 Å². The normalized spacial score (nSPS) is 10.2. The predicted octanol–water partition coefficient (Wildman–Crippen LogP) is 5.11. The number of hydrogen-bond acceptors (Lipinski definition) is 4. The van der Waals surface area contributed by atoms with Gasteiger partial charge >= 0.3 is 0 Å². The topological polar surface area (TPSA) is 47.6 Å². The van der Waals surface area contributed by atoms with Crippen LogP contribution in [0.25, 0.3) is 0 Å². The van der Waals surface area contributed by atoms with Crippen molar-refractivity contribution in [2.45, 2.75) is 9.79 Å². The molecule has 0 saturated carbocycles. The van der Waals surface area contributed by atoms with Gasteiger partial charge in [0.2, 0.25) is 0 Å². The van der Waals surface area contributed by atoms with Gasteiger partial charge in [0.15, 0.2) is 11.5 Å². The molecular formula is C21H19NO3S. The summed E-state index contributed by atoms with van der Waals surface area (Å²) in [4.78, 5) is 14.9. The molecule has 26 heavy (non-hydrogen) atoms. The zero-order valence-corrected chi connectivity index (χ0v) is 15.4. The minimum atomic E-state index is -0.248. The first-order valence-corrected chi connectivity index (χ1v) is 8.89. The Hall–Kier alpha value is -2.92. The molecule has 0 unspecified atom stereocenters. The molecule has 0 heterocycles. The first-order chi connectivity index (χ1) is 12.7. The third-order valence-corrected chi connectivity index (χ3v) is 4.84. The van der Waals surface area contributed by atoms with E-state index in [0.717, 1.165) is 15.5 Å². The van der Waals surface area contributed by atoms with Crippen molar-refractivity contribution >= 4 is 23.4 Å². The second kappa shape index (κ2) is 8.45. The Labute approximate surface area is 157 Å². The SMILES string of the molecule is COc1cccc(C(=O)Nc2ccccc2Sc2ccccc2)c1OC. The number of benzene rings is 3. The van der Waals surface area contributed by atoms with E-state index in [1.54, 1.807) is 37.1 Å². The number of ether oxygens (including phenoxy) is 2. The minimum Gasteiger partial charge on any atom is -0.493 e. The minimum absolute atomic E-state index is 0.248. The maximum atomic E-state index is 12.8. The van der Waals surface area contributed by atoms with Crippen LogP contribution >= 0.6 is 11.8 Å². The summed E-state index contributed by atoms with van der Waals surface area (Å²) < 4.78 is 10.6. The summed E-state index contributed by atoms with van der Waals surface area (Å²) in [6.45, 7) is 0. The molecule has 0 spiro atoms. The fourth-order valence-corrected chi connectivity index (χ4v) is 3.45. The van der Waals surface area contributed by atoms with E-state index in [-0.39, 0.29) is 5.91 Å². The highest BCUT2D eigenvalue weighted by Gasteiger charge is 2.17. The highest BCUT2D eigenvalue weighted by molar-refractivity contribution is 7.99. The average molecular weight is 365 g/mol. The first kappa shape index (κ1) is 17.9. The number of nitrogens with one attached hydrogen (secondary N) is 1. The number of anilines is 1. The summed E-state index contributed by atoms with van der Waals surface area (Å²) in [6, 6.07) is 23.0. The Morgan fingerprint density at radius 3 is 2.31 bits per heavy atom. The van der Waals surface area contributed by atoms with E-state index in [0.29, 0.717) is 17.1 Å².